The summed E-state index contributed by atoms with van der Waals surface area (Å²) < 4.78 is 0. The summed E-state index contributed by atoms with van der Waals surface area (Å²) in [6, 6.07) is 1.59. The molecule has 1 saturated carbocycles. The summed E-state index contributed by atoms with van der Waals surface area (Å²) in [6.45, 7) is 6.98. The van der Waals surface area contributed by atoms with Gasteiger partial charge in [-0.1, -0.05) is 39.0 Å². The largest absolute Gasteiger partial charge is 0.315 e. The Morgan fingerprint density at radius 3 is 2.41 bits per heavy atom. The van der Waals surface area contributed by atoms with E-state index in [2.05, 4.69) is 31.1 Å². The van der Waals surface area contributed by atoms with Crippen LogP contribution in [0.5, 0.6) is 0 Å². The van der Waals surface area contributed by atoms with E-state index in [4.69, 9.17) is 0 Å². The van der Waals surface area contributed by atoms with Crippen molar-refractivity contribution >= 4 is 0 Å². The van der Waals surface area contributed by atoms with E-state index >= 15 is 0 Å². The Hall–Kier alpha value is -0.0800. The number of nitrogens with zero attached hydrogens (tertiary/aromatic N) is 1. The predicted octanol–water partition coefficient (Wildman–Crippen LogP) is 3.42. The molecule has 0 aromatic rings. The zero-order valence-corrected chi connectivity index (χ0v) is 12.2. The molecule has 0 heterocycles. The lowest BCUT2D eigenvalue weighted by atomic mass is 10.1. The summed E-state index contributed by atoms with van der Waals surface area (Å²) in [5.74, 6) is 0. The van der Waals surface area contributed by atoms with E-state index in [1.807, 2.05) is 0 Å². The second-order valence-corrected chi connectivity index (χ2v) is 5.72. The number of likely N-dealkylation sites (N-methyl/N-ethyl adjacent to an activating group) is 1. The first kappa shape index (κ1) is 15.0. The smallest absolute Gasteiger partial charge is 0.0192 e. The fourth-order valence-electron chi connectivity index (χ4n) is 2.33. The number of unbranched alkanes of at least 4 members (excludes halogenated alkanes) is 5. The van der Waals surface area contributed by atoms with E-state index in [1.165, 1.54) is 57.9 Å². The van der Waals surface area contributed by atoms with Gasteiger partial charge in [-0.05, 0) is 39.8 Å². The minimum Gasteiger partial charge on any atom is -0.315 e. The summed E-state index contributed by atoms with van der Waals surface area (Å²) in [5.41, 5.74) is 0. The van der Waals surface area contributed by atoms with E-state index in [1.54, 1.807) is 0 Å². The van der Waals surface area contributed by atoms with Crippen molar-refractivity contribution in [2.75, 3.05) is 20.1 Å². The van der Waals surface area contributed by atoms with Crippen LogP contribution in [0.2, 0.25) is 0 Å². The van der Waals surface area contributed by atoms with Crippen molar-refractivity contribution < 1.29 is 0 Å². The standard InChI is InChI=1S/C15H32N2/c1-4-5-6-7-8-9-12-16-13-14(2)17(3)15-10-11-15/h14-16H,4-13H2,1-3H3. The van der Waals surface area contributed by atoms with Crippen molar-refractivity contribution in [2.24, 2.45) is 0 Å². The van der Waals surface area contributed by atoms with Gasteiger partial charge >= 0.3 is 0 Å². The average molecular weight is 240 g/mol. The number of hydrogen-bond acceptors (Lipinski definition) is 2. The normalized spacial score (nSPS) is 17.6. The number of rotatable bonds is 11. The molecule has 1 aliphatic carbocycles. The third kappa shape index (κ3) is 7.05. The third-order valence-electron chi connectivity index (χ3n) is 3.96. The highest BCUT2D eigenvalue weighted by atomic mass is 15.2. The van der Waals surface area contributed by atoms with Gasteiger partial charge in [-0.25, -0.2) is 0 Å². The van der Waals surface area contributed by atoms with Crippen molar-refractivity contribution in [3.05, 3.63) is 0 Å². The summed E-state index contributed by atoms with van der Waals surface area (Å²) in [4.78, 5) is 2.54. The van der Waals surface area contributed by atoms with Crippen LogP contribution < -0.4 is 5.32 Å². The maximum Gasteiger partial charge on any atom is 0.0192 e. The molecule has 1 aliphatic rings. The van der Waals surface area contributed by atoms with E-state index in [-0.39, 0.29) is 0 Å². The molecule has 1 rings (SSSR count). The van der Waals surface area contributed by atoms with E-state index in [0.29, 0.717) is 6.04 Å². The molecule has 1 atom stereocenters. The van der Waals surface area contributed by atoms with Gasteiger partial charge in [0, 0.05) is 18.6 Å². The van der Waals surface area contributed by atoms with Gasteiger partial charge in [0.15, 0.2) is 0 Å². The molecule has 1 N–H and O–H groups in total. The first-order valence-electron chi connectivity index (χ1n) is 7.68. The molecule has 0 aromatic carbocycles. The Morgan fingerprint density at radius 2 is 1.76 bits per heavy atom. The highest BCUT2D eigenvalue weighted by Gasteiger charge is 2.28. The Morgan fingerprint density at radius 1 is 1.12 bits per heavy atom. The minimum absolute atomic E-state index is 0.697. The Balaban J connectivity index is 1.83. The average Bonchev–Trinajstić information content (AvgIpc) is 3.15. The molecule has 0 aliphatic heterocycles. The molecule has 0 saturated heterocycles. The van der Waals surface area contributed by atoms with Crippen LogP contribution >= 0.6 is 0 Å². The predicted molar refractivity (Wildman–Crippen MR) is 76.5 cm³/mol. The molecule has 17 heavy (non-hydrogen) atoms. The molecule has 1 unspecified atom stereocenters. The quantitative estimate of drug-likeness (QED) is 0.557. The van der Waals surface area contributed by atoms with E-state index in [9.17, 15) is 0 Å². The van der Waals surface area contributed by atoms with Gasteiger partial charge in [0.1, 0.15) is 0 Å². The molecular weight excluding hydrogens is 208 g/mol. The fourth-order valence-corrected chi connectivity index (χ4v) is 2.33. The summed E-state index contributed by atoms with van der Waals surface area (Å²) >= 11 is 0. The lowest BCUT2D eigenvalue weighted by Crippen LogP contribution is -2.39. The first-order valence-corrected chi connectivity index (χ1v) is 7.68. The van der Waals surface area contributed by atoms with Crippen molar-refractivity contribution in [3.63, 3.8) is 0 Å². The maximum atomic E-state index is 3.60. The Labute approximate surface area is 108 Å². The zero-order chi connectivity index (χ0) is 12.5. The first-order chi connectivity index (χ1) is 8.25. The Bertz CT molecular complexity index is 178. The lowest BCUT2D eigenvalue weighted by molar-refractivity contribution is 0.241. The van der Waals surface area contributed by atoms with Crippen molar-refractivity contribution in [1.82, 2.24) is 10.2 Å². The van der Waals surface area contributed by atoms with Crippen LogP contribution in [0.4, 0.5) is 0 Å². The van der Waals surface area contributed by atoms with E-state index in [0.717, 1.165) is 12.6 Å². The van der Waals surface area contributed by atoms with Crippen LogP contribution in [0, 0.1) is 0 Å². The lowest BCUT2D eigenvalue weighted by Gasteiger charge is -2.24. The molecule has 0 spiro atoms. The van der Waals surface area contributed by atoms with Gasteiger partial charge < -0.3 is 5.32 Å². The van der Waals surface area contributed by atoms with Crippen LogP contribution in [0.25, 0.3) is 0 Å². The van der Waals surface area contributed by atoms with Crippen molar-refractivity contribution in [1.29, 1.82) is 0 Å². The summed E-state index contributed by atoms with van der Waals surface area (Å²) in [5, 5.41) is 3.60. The minimum atomic E-state index is 0.697. The monoisotopic (exact) mass is 240 g/mol. The second kappa shape index (κ2) is 8.93. The molecule has 0 amide bonds. The Kier molecular flexibility index (Phi) is 7.87. The highest BCUT2D eigenvalue weighted by molar-refractivity contribution is 4.85. The molecule has 1 fully saturated rings. The van der Waals surface area contributed by atoms with Gasteiger partial charge in [0.25, 0.3) is 0 Å². The SMILES string of the molecule is CCCCCCCCNCC(C)N(C)C1CC1. The second-order valence-electron chi connectivity index (χ2n) is 5.72. The maximum absolute atomic E-state index is 3.60. The molecule has 0 radical (unpaired) electrons. The van der Waals surface area contributed by atoms with Crippen molar-refractivity contribution in [3.8, 4) is 0 Å². The fraction of sp³-hybridized carbons (Fsp3) is 1.00. The molecular formula is C15H32N2. The molecule has 2 nitrogen and oxygen atoms in total. The van der Waals surface area contributed by atoms with E-state index < -0.39 is 0 Å². The van der Waals surface area contributed by atoms with Crippen LogP contribution in [0.3, 0.4) is 0 Å². The summed E-state index contributed by atoms with van der Waals surface area (Å²) in [7, 11) is 2.27. The van der Waals surface area contributed by atoms with Crippen LogP contribution in [0.15, 0.2) is 0 Å². The molecule has 2 heteroatoms. The zero-order valence-electron chi connectivity index (χ0n) is 12.2. The van der Waals surface area contributed by atoms with Crippen molar-refractivity contribution in [2.45, 2.75) is 77.3 Å². The van der Waals surface area contributed by atoms with Crippen LogP contribution in [-0.2, 0) is 0 Å². The highest BCUT2D eigenvalue weighted by Crippen LogP contribution is 2.26. The van der Waals surface area contributed by atoms with Crippen LogP contribution in [0.1, 0.15) is 65.2 Å². The number of nitrogens with one attached hydrogen (secondary N) is 1. The topological polar surface area (TPSA) is 15.3 Å². The van der Waals surface area contributed by atoms with Gasteiger partial charge in [-0.2, -0.15) is 0 Å². The summed E-state index contributed by atoms with van der Waals surface area (Å²) in [6.07, 6.45) is 11.2. The van der Waals surface area contributed by atoms with Gasteiger partial charge in [0.2, 0.25) is 0 Å². The third-order valence-corrected chi connectivity index (χ3v) is 3.96. The molecule has 0 bridgehead atoms. The van der Waals surface area contributed by atoms with Crippen LogP contribution in [-0.4, -0.2) is 37.1 Å². The van der Waals surface area contributed by atoms with Gasteiger partial charge in [-0.3, -0.25) is 4.90 Å². The molecule has 0 aromatic heterocycles. The number of hydrogen-bond donors (Lipinski definition) is 1. The van der Waals surface area contributed by atoms with Gasteiger partial charge in [0.05, 0.1) is 0 Å². The molecule has 102 valence electrons. The van der Waals surface area contributed by atoms with Gasteiger partial charge in [-0.15, -0.1) is 0 Å².